The predicted molar refractivity (Wildman–Crippen MR) is 143 cm³/mol. The summed E-state index contributed by atoms with van der Waals surface area (Å²) < 4.78 is 6.68. The molecule has 1 saturated heterocycles. The van der Waals surface area contributed by atoms with E-state index < -0.39 is 0 Å². The second-order valence-electron chi connectivity index (χ2n) is 10.2. The number of nitrogens with zero attached hydrogens (tertiary/aromatic N) is 1. The number of ether oxygens (including phenoxy) is 1. The maximum atomic E-state index is 13.4. The number of carbonyl (C=O) groups is 2. The zero-order chi connectivity index (χ0) is 25.4. The largest absolute Gasteiger partial charge is 0.370 e. The summed E-state index contributed by atoms with van der Waals surface area (Å²) in [5.41, 5.74) is 4.84. The highest BCUT2D eigenvalue weighted by atomic mass is 16.5. The molecule has 2 aliphatic rings. The Hall–Kier alpha value is -3.90. The third-order valence-electron chi connectivity index (χ3n) is 8.06. The number of nitrogens with one attached hydrogen (secondary N) is 2. The number of piperidine rings is 1. The van der Waals surface area contributed by atoms with E-state index in [0.717, 1.165) is 34.9 Å². The maximum Gasteiger partial charge on any atom is 0.253 e. The number of carbonyl (C=O) groups excluding carboxylic acids is 2. The van der Waals surface area contributed by atoms with Crippen LogP contribution in [0.1, 0.15) is 52.9 Å². The van der Waals surface area contributed by atoms with E-state index in [2.05, 4.69) is 40.6 Å². The minimum Gasteiger partial charge on any atom is -0.370 e. The first-order valence-corrected chi connectivity index (χ1v) is 12.9. The number of aromatic nitrogens is 1. The average molecular weight is 494 g/mol. The molecule has 188 valence electrons. The summed E-state index contributed by atoms with van der Waals surface area (Å²) in [6.45, 7) is 3.29. The van der Waals surface area contributed by atoms with Crippen LogP contribution in [0.5, 0.6) is 0 Å². The van der Waals surface area contributed by atoms with Gasteiger partial charge >= 0.3 is 0 Å². The Morgan fingerprint density at radius 2 is 1.76 bits per heavy atom. The molecule has 4 aromatic rings. The van der Waals surface area contributed by atoms with Crippen molar-refractivity contribution in [2.45, 2.75) is 43.9 Å². The number of benzene rings is 3. The first-order valence-electron chi connectivity index (χ1n) is 12.9. The lowest BCUT2D eigenvalue weighted by molar-refractivity contribution is -0.122. The summed E-state index contributed by atoms with van der Waals surface area (Å²) in [6.07, 6.45) is 3.22. The topological polar surface area (TPSA) is 74.4 Å². The highest BCUT2D eigenvalue weighted by Gasteiger charge is 2.54. The molecule has 2 heterocycles. The monoisotopic (exact) mass is 493 g/mol. The molecule has 1 fully saturated rings. The van der Waals surface area contributed by atoms with Gasteiger partial charge in [0.05, 0.1) is 18.8 Å². The minimum atomic E-state index is -0.279. The number of hydrogen-bond acceptors (Lipinski definition) is 3. The molecule has 3 aromatic carbocycles. The van der Waals surface area contributed by atoms with E-state index in [-0.39, 0.29) is 29.4 Å². The molecule has 2 N–H and O–H groups in total. The van der Waals surface area contributed by atoms with E-state index in [0.29, 0.717) is 25.3 Å². The lowest BCUT2D eigenvalue weighted by atomic mass is 9.71. The van der Waals surface area contributed by atoms with E-state index in [1.807, 2.05) is 59.6 Å². The normalized spacial score (nSPS) is 20.2. The van der Waals surface area contributed by atoms with Gasteiger partial charge in [-0.25, -0.2) is 0 Å². The van der Waals surface area contributed by atoms with Crippen molar-refractivity contribution in [2.75, 3.05) is 13.1 Å². The van der Waals surface area contributed by atoms with Crippen molar-refractivity contribution < 1.29 is 14.3 Å². The molecule has 0 radical (unpaired) electrons. The number of amides is 2. The zero-order valence-electron chi connectivity index (χ0n) is 20.9. The highest BCUT2D eigenvalue weighted by Crippen LogP contribution is 2.52. The van der Waals surface area contributed by atoms with Crippen LogP contribution < -0.4 is 5.32 Å². The Bertz CT molecular complexity index is 1440. The minimum absolute atomic E-state index is 0.0535. The molecule has 2 atom stereocenters. The van der Waals surface area contributed by atoms with Crippen molar-refractivity contribution in [3.8, 4) is 0 Å². The van der Waals surface area contributed by atoms with Crippen LogP contribution in [0.15, 0.2) is 85.1 Å². The fourth-order valence-electron chi connectivity index (χ4n) is 6.27. The van der Waals surface area contributed by atoms with Crippen molar-refractivity contribution >= 4 is 22.7 Å². The van der Waals surface area contributed by atoms with Crippen LogP contribution in [0, 0.1) is 0 Å². The summed E-state index contributed by atoms with van der Waals surface area (Å²) in [6, 6.07) is 26.1. The molecule has 0 bridgehead atoms. The number of aromatic amines is 1. The molecule has 1 spiro atoms. The maximum absolute atomic E-state index is 13.4. The van der Waals surface area contributed by atoms with Gasteiger partial charge in [-0.2, -0.15) is 0 Å². The van der Waals surface area contributed by atoms with Crippen LogP contribution >= 0.6 is 0 Å². The third kappa shape index (κ3) is 4.21. The number of fused-ring (bicyclic) bond motifs is 3. The van der Waals surface area contributed by atoms with Crippen LogP contribution in [0.25, 0.3) is 10.9 Å². The van der Waals surface area contributed by atoms with Crippen LogP contribution in [0.3, 0.4) is 0 Å². The van der Waals surface area contributed by atoms with E-state index in [4.69, 9.17) is 4.74 Å². The predicted octanol–water partition coefficient (Wildman–Crippen LogP) is 5.12. The summed E-state index contributed by atoms with van der Waals surface area (Å²) in [5, 5.41) is 4.28. The molecular weight excluding hydrogens is 462 g/mol. The van der Waals surface area contributed by atoms with Crippen molar-refractivity contribution in [3.05, 3.63) is 107 Å². The van der Waals surface area contributed by atoms with Gasteiger partial charge in [-0.15, -0.1) is 0 Å². The Morgan fingerprint density at radius 1 is 1.00 bits per heavy atom. The number of rotatable bonds is 5. The lowest BCUT2D eigenvalue weighted by Crippen LogP contribution is -2.51. The summed E-state index contributed by atoms with van der Waals surface area (Å²) >= 11 is 0. The SMILES string of the molecule is CC(=O)N[C@H]1c2ccccc2C2(CCN(C(=O)c3ccc4cc[nH]c4c3)CC2)[C@@H]1OCc1ccccc1. The van der Waals surface area contributed by atoms with Crippen molar-refractivity contribution in [1.82, 2.24) is 15.2 Å². The smallest absolute Gasteiger partial charge is 0.253 e. The van der Waals surface area contributed by atoms with Crippen LogP contribution in [-0.2, 0) is 21.6 Å². The Balaban J connectivity index is 1.28. The third-order valence-corrected chi connectivity index (χ3v) is 8.06. The van der Waals surface area contributed by atoms with Crippen molar-refractivity contribution in [2.24, 2.45) is 0 Å². The number of hydrogen-bond donors (Lipinski definition) is 2. The van der Waals surface area contributed by atoms with Gasteiger partial charge in [0.2, 0.25) is 5.91 Å². The molecule has 0 unspecified atom stereocenters. The van der Waals surface area contributed by atoms with Gasteiger partial charge in [0, 0.05) is 42.7 Å². The Labute approximate surface area is 216 Å². The fourth-order valence-corrected chi connectivity index (χ4v) is 6.27. The zero-order valence-corrected chi connectivity index (χ0v) is 20.9. The van der Waals surface area contributed by atoms with Gasteiger partial charge < -0.3 is 19.9 Å². The molecule has 1 aliphatic carbocycles. The number of H-pyrrole nitrogens is 1. The van der Waals surface area contributed by atoms with Gasteiger partial charge in [-0.1, -0.05) is 60.7 Å². The first kappa shape index (κ1) is 23.5. The molecule has 1 aromatic heterocycles. The summed E-state index contributed by atoms with van der Waals surface area (Å²) in [4.78, 5) is 30.8. The van der Waals surface area contributed by atoms with Crippen molar-refractivity contribution in [1.29, 1.82) is 0 Å². The van der Waals surface area contributed by atoms with E-state index in [1.54, 1.807) is 6.92 Å². The molecule has 1 aliphatic heterocycles. The first-order chi connectivity index (χ1) is 18.0. The molecular formula is C31H31N3O3. The molecule has 2 amide bonds. The van der Waals surface area contributed by atoms with Gasteiger partial charge in [0.15, 0.2) is 0 Å². The quantitative estimate of drug-likeness (QED) is 0.405. The molecule has 6 rings (SSSR count). The Morgan fingerprint density at radius 3 is 2.54 bits per heavy atom. The highest BCUT2D eigenvalue weighted by molar-refractivity contribution is 5.98. The standard InChI is InChI=1S/C31H31N3O3/c1-21(35)33-28-25-9-5-6-10-26(25)31(29(28)37-20-22-7-3-2-4-8-22)14-17-34(18-15-31)30(36)24-12-11-23-13-16-32-27(23)19-24/h2-13,16,19,28-29,32H,14-15,17-18,20H2,1H3,(H,33,35)/t28-,29+/m0/s1. The van der Waals surface area contributed by atoms with E-state index in [1.165, 1.54) is 5.56 Å². The summed E-state index contributed by atoms with van der Waals surface area (Å²) in [7, 11) is 0. The second kappa shape index (κ2) is 9.52. The molecule has 0 saturated carbocycles. The van der Waals surface area contributed by atoms with Gasteiger partial charge in [-0.3, -0.25) is 9.59 Å². The van der Waals surface area contributed by atoms with Crippen LogP contribution in [0.4, 0.5) is 0 Å². The van der Waals surface area contributed by atoms with E-state index in [9.17, 15) is 9.59 Å². The van der Waals surface area contributed by atoms with Gasteiger partial charge in [0.1, 0.15) is 0 Å². The fraction of sp³-hybridized carbons (Fsp3) is 0.290. The molecule has 6 nitrogen and oxygen atoms in total. The van der Waals surface area contributed by atoms with Crippen molar-refractivity contribution in [3.63, 3.8) is 0 Å². The van der Waals surface area contributed by atoms with E-state index >= 15 is 0 Å². The number of likely N-dealkylation sites (tertiary alicyclic amines) is 1. The second-order valence-corrected chi connectivity index (χ2v) is 10.2. The van der Waals surface area contributed by atoms with Crippen LogP contribution in [-0.4, -0.2) is 40.9 Å². The lowest BCUT2D eigenvalue weighted by Gasteiger charge is -2.44. The van der Waals surface area contributed by atoms with Crippen LogP contribution in [0.2, 0.25) is 0 Å². The summed E-state index contributed by atoms with van der Waals surface area (Å²) in [5.74, 6) is -0.0183. The van der Waals surface area contributed by atoms with Gasteiger partial charge in [-0.05, 0) is 53.1 Å². The average Bonchev–Trinajstić information content (AvgIpc) is 3.49. The molecule has 6 heteroatoms. The van der Waals surface area contributed by atoms with Gasteiger partial charge in [0.25, 0.3) is 5.91 Å². The molecule has 37 heavy (non-hydrogen) atoms. The Kier molecular flexibility index (Phi) is 6.05.